The molecule has 1 heterocycles. The Balaban J connectivity index is 2.13. The van der Waals surface area contributed by atoms with E-state index in [4.69, 9.17) is 9.72 Å². The van der Waals surface area contributed by atoms with Gasteiger partial charge in [0.15, 0.2) is 0 Å². The van der Waals surface area contributed by atoms with Crippen LogP contribution < -0.4 is 4.74 Å². The van der Waals surface area contributed by atoms with Gasteiger partial charge >= 0.3 is 0 Å². The van der Waals surface area contributed by atoms with E-state index in [1.807, 2.05) is 43.4 Å². The lowest BCUT2D eigenvalue weighted by Crippen LogP contribution is -2.27. The van der Waals surface area contributed by atoms with Crippen LogP contribution >= 0.6 is 0 Å². The number of aliphatic hydroxyl groups excluding tert-OH is 1. The van der Waals surface area contributed by atoms with Crippen LogP contribution in [0.2, 0.25) is 0 Å². The summed E-state index contributed by atoms with van der Waals surface area (Å²) in [6, 6.07) is 13.9. The van der Waals surface area contributed by atoms with Gasteiger partial charge in [0.05, 0.1) is 25.5 Å². The normalized spacial score (nSPS) is 12.7. The Morgan fingerprint density at radius 2 is 1.83 bits per heavy atom. The van der Waals surface area contributed by atoms with Crippen molar-refractivity contribution in [1.82, 2.24) is 9.88 Å². The molecule has 0 radical (unpaired) electrons. The predicted octanol–water partition coefficient (Wildman–Crippen LogP) is 3.38. The second-order valence-electron chi connectivity index (χ2n) is 6.10. The summed E-state index contributed by atoms with van der Waals surface area (Å²) in [6.45, 7) is 5.04. The lowest BCUT2D eigenvalue weighted by atomic mass is 10.1. The molecule has 0 aliphatic heterocycles. The van der Waals surface area contributed by atoms with Crippen LogP contribution in [0.5, 0.6) is 5.75 Å². The molecule has 4 heteroatoms. The molecule has 0 saturated carbocycles. The zero-order chi connectivity index (χ0) is 16.8. The highest BCUT2D eigenvalue weighted by molar-refractivity contribution is 5.29. The molecule has 2 rings (SSSR count). The molecule has 0 saturated heterocycles. The van der Waals surface area contributed by atoms with Gasteiger partial charge in [-0.1, -0.05) is 32.0 Å². The Labute approximate surface area is 138 Å². The highest BCUT2D eigenvalue weighted by atomic mass is 16.5. The van der Waals surface area contributed by atoms with Crippen molar-refractivity contribution in [2.45, 2.75) is 32.4 Å². The molecule has 1 aromatic heterocycles. The van der Waals surface area contributed by atoms with E-state index in [2.05, 4.69) is 24.8 Å². The van der Waals surface area contributed by atoms with E-state index >= 15 is 0 Å². The van der Waals surface area contributed by atoms with E-state index in [0.717, 1.165) is 22.7 Å². The van der Waals surface area contributed by atoms with Crippen LogP contribution in [0, 0.1) is 0 Å². The monoisotopic (exact) mass is 314 g/mol. The number of hydrogen-bond acceptors (Lipinski definition) is 4. The van der Waals surface area contributed by atoms with Gasteiger partial charge in [-0.25, -0.2) is 0 Å². The van der Waals surface area contributed by atoms with E-state index in [1.165, 1.54) is 0 Å². The summed E-state index contributed by atoms with van der Waals surface area (Å²) in [4.78, 5) is 6.83. The number of benzene rings is 1. The number of aromatic nitrogens is 1. The van der Waals surface area contributed by atoms with Gasteiger partial charge in [-0.15, -0.1) is 0 Å². The first kappa shape index (κ1) is 17.4. The minimum Gasteiger partial charge on any atom is -0.497 e. The third-order valence-corrected chi connectivity index (χ3v) is 4.04. The molecule has 124 valence electrons. The highest BCUT2D eigenvalue weighted by Gasteiger charge is 2.17. The second kappa shape index (κ2) is 8.09. The number of nitrogens with zero attached hydrogens (tertiary/aromatic N) is 2. The van der Waals surface area contributed by atoms with Crippen LogP contribution in [-0.2, 0) is 6.54 Å². The van der Waals surface area contributed by atoms with Crippen molar-refractivity contribution in [2.24, 2.45) is 0 Å². The summed E-state index contributed by atoms with van der Waals surface area (Å²) in [5, 5.41) is 9.80. The van der Waals surface area contributed by atoms with Crippen molar-refractivity contribution < 1.29 is 9.84 Å². The standard InChI is InChI=1S/C19H26N2O2/c1-14(2)18-7-5-6-16(20-18)12-21(3)19(13-22)15-8-10-17(23-4)11-9-15/h5-11,14,19,22H,12-13H2,1-4H3. The predicted molar refractivity (Wildman–Crippen MR) is 92.6 cm³/mol. The van der Waals surface area contributed by atoms with Crippen LogP contribution in [0.15, 0.2) is 42.5 Å². The molecule has 0 aliphatic rings. The molecular formula is C19H26N2O2. The topological polar surface area (TPSA) is 45.6 Å². The molecule has 0 fully saturated rings. The molecule has 1 N–H and O–H groups in total. The third-order valence-electron chi connectivity index (χ3n) is 4.04. The minimum atomic E-state index is -0.0644. The van der Waals surface area contributed by atoms with Gasteiger partial charge in [0, 0.05) is 12.2 Å². The first-order valence-electron chi connectivity index (χ1n) is 7.96. The lowest BCUT2D eigenvalue weighted by Gasteiger charge is -2.27. The summed E-state index contributed by atoms with van der Waals surface area (Å²) in [7, 11) is 3.66. The quantitative estimate of drug-likeness (QED) is 0.851. The largest absolute Gasteiger partial charge is 0.497 e. The average Bonchev–Trinajstić information content (AvgIpc) is 2.56. The van der Waals surface area contributed by atoms with Crippen molar-refractivity contribution in [1.29, 1.82) is 0 Å². The van der Waals surface area contributed by atoms with Crippen molar-refractivity contribution in [3.63, 3.8) is 0 Å². The van der Waals surface area contributed by atoms with E-state index in [-0.39, 0.29) is 12.6 Å². The first-order chi connectivity index (χ1) is 11.0. The van der Waals surface area contributed by atoms with Crippen molar-refractivity contribution in [3.05, 3.63) is 59.4 Å². The van der Waals surface area contributed by atoms with Crippen LogP contribution in [0.3, 0.4) is 0 Å². The average molecular weight is 314 g/mol. The molecule has 0 amide bonds. The fraction of sp³-hybridized carbons (Fsp3) is 0.421. The number of likely N-dealkylation sites (N-methyl/N-ethyl adjacent to an activating group) is 1. The van der Waals surface area contributed by atoms with Gasteiger partial charge in [-0.05, 0) is 42.8 Å². The Morgan fingerprint density at radius 3 is 2.39 bits per heavy atom. The Hall–Kier alpha value is -1.91. The number of hydrogen-bond donors (Lipinski definition) is 1. The van der Waals surface area contributed by atoms with Gasteiger partial charge in [0.1, 0.15) is 5.75 Å². The summed E-state index contributed by atoms with van der Waals surface area (Å²) in [5.74, 6) is 1.23. The van der Waals surface area contributed by atoms with Gasteiger partial charge < -0.3 is 9.84 Å². The van der Waals surface area contributed by atoms with E-state index in [9.17, 15) is 5.11 Å². The number of aliphatic hydroxyl groups is 1. The van der Waals surface area contributed by atoms with Crippen LogP contribution in [0.1, 0.15) is 42.8 Å². The minimum absolute atomic E-state index is 0.0622. The summed E-state index contributed by atoms with van der Waals surface area (Å²) >= 11 is 0. The third kappa shape index (κ3) is 4.53. The maximum Gasteiger partial charge on any atom is 0.118 e. The smallest absolute Gasteiger partial charge is 0.118 e. The molecule has 2 aromatic rings. The van der Waals surface area contributed by atoms with Gasteiger partial charge in [0.25, 0.3) is 0 Å². The van der Waals surface area contributed by atoms with Crippen LogP contribution in [0.25, 0.3) is 0 Å². The molecule has 1 atom stereocenters. The van der Waals surface area contributed by atoms with E-state index in [0.29, 0.717) is 12.5 Å². The molecule has 1 unspecified atom stereocenters. The Bertz CT molecular complexity index is 611. The van der Waals surface area contributed by atoms with Crippen molar-refractivity contribution in [2.75, 3.05) is 20.8 Å². The van der Waals surface area contributed by atoms with Gasteiger partial charge in [-0.2, -0.15) is 0 Å². The van der Waals surface area contributed by atoms with Gasteiger partial charge in [-0.3, -0.25) is 9.88 Å². The molecule has 0 spiro atoms. The van der Waals surface area contributed by atoms with Gasteiger partial charge in [0.2, 0.25) is 0 Å². The first-order valence-corrected chi connectivity index (χ1v) is 7.96. The number of ether oxygens (including phenoxy) is 1. The number of methoxy groups -OCH3 is 1. The lowest BCUT2D eigenvalue weighted by molar-refractivity contribution is 0.141. The zero-order valence-electron chi connectivity index (χ0n) is 14.4. The fourth-order valence-electron chi connectivity index (χ4n) is 2.60. The van der Waals surface area contributed by atoms with E-state index < -0.39 is 0 Å². The molecular weight excluding hydrogens is 288 g/mol. The molecule has 0 bridgehead atoms. The SMILES string of the molecule is COc1ccc(C(CO)N(C)Cc2cccc(C(C)C)n2)cc1. The maximum absolute atomic E-state index is 9.80. The van der Waals surface area contributed by atoms with Crippen molar-refractivity contribution >= 4 is 0 Å². The summed E-state index contributed by atoms with van der Waals surface area (Å²) in [6.07, 6.45) is 0. The molecule has 4 nitrogen and oxygen atoms in total. The fourth-order valence-corrected chi connectivity index (χ4v) is 2.60. The zero-order valence-corrected chi connectivity index (χ0v) is 14.4. The second-order valence-corrected chi connectivity index (χ2v) is 6.10. The molecule has 1 aromatic carbocycles. The number of rotatable bonds is 7. The van der Waals surface area contributed by atoms with Crippen molar-refractivity contribution in [3.8, 4) is 5.75 Å². The van der Waals surface area contributed by atoms with E-state index in [1.54, 1.807) is 7.11 Å². The maximum atomic E-state index is 9.80. The Morgan fingerprint density at radius 1 is 1.13 bits per heavy atom. The highest BCUT2D eigenvalue weighted by Crippen LogP contribution is 2.23. The summed E-state index contributed by atoms with van der Waals surface area (Å²) < 4.78 is 5.19. The molecule has 23 heavy (non-hydrogen) atoms. The molecule has 0 aliphatic carbocycles. The Kier molecular flexibility index (Phi) is 6.13. The number of pyridine rings is 1. The summed E-state index contributed by atoms with van der Waals surface area (Å²) in [5.41, 5.74) is 3.18. The van der Waals surface area contributed by atoms with Crippen LogP contribution in [-0.4, -0.2) is 35.8 Å². The van der Waals surface area contributed by atoms with Crippen LogP contribution in [0.4, 0.5) is 0 Å².